The van der Waals surface area contributed by atoms with Crippen molar-refractivity contribution in [2.75, 3.05) is 0 Å². The Hall–Kier alpha value is -2.08. The molecule has 0 radical (unpaired) electrons. The molecule has 0 saturated carbocycles. The van der Waals surface area contributed by atoms with E-state index in [0.29, 0.717) is 0 Å². The van der Waals surface area contributed by atoms with Gasteiger partial charge in [0.15, 0.2) is 0 Å². The van der Waals surface area contributed by atoms with Crippen LogP contribution < -0.4 is 0 Å². The van der Waals surface area contributed by atoms with E-state index >= 15 is 0 Å². The van der Waals surface area contributed by atoms with Crippen LogP contribution in [-0.2, 0) is 0 Å². The molecule has 0 unspecified atom stereocenters. The third-order valence-corrected chi connectivity index (χ3v) is 3.50. The minimum atomic E-state index is 1.05. The van der Waals surface area contributed by atoms with Gasteiger partial charge in [0.1, 0.15) is 0 Å². The first-order valence-electron chi connectivity index (χ1n) is 6.58. The Balaban J connectivity index is 2.28. The first kappa shape index (κ1) is 13.4. The molecule has 19 heavy (non-hydrogen) atoms. The number of benzene rings is 2. The van der Waals surface area contributed by atoms with Gasteiger partial charge in [0.05, 0.1) is 0 Å². The summed E-state index contributed by atoms with van der Waals surface area (Å²) in [7, 11) is 0. The summed E-state index contributed by atoms with van der Waals surface area (Å²) >= 11 is 0. The van der Waals surface area contributed by atoms with E-state index in [1.807, 2.05) is 18.2 Å². The van der Waals surface area contributed by atoms with E-state index in [-0.39, 0.29) is 0 Å². The van der Waals surface area contributed by atoms with Crippen LogP contribution in [0.3, 0.4) is 0 Å². The zero-order chi connectivity index (χ0) is 13.8. The van der Waals surface area contributed by atoms with Crippen molar-refractivity contribution in [3.8, 4) is 0 Å². The summed E-state index contributed by atoms with van der Waals surface area (Å²) in [6.07, 6.45) is 2.15. The van der Waals surface area contributed by atoms with Gasteiger partial charge in [-0.15, -0.1) is 0 Å². The molecule has 0 nitrogen and oxygen atoms in total. The minimum absolute atomic E-state index is 1.05. The summed E-state index contributed by atoms with van der Waals surface area (Å²) < 4.78 is 0. The molecule has 96 valence electrons. The van der Waals surface area contributed by atoms with Crippen molar-refractivity contribution in [3.63, 3.8) is 0 Å². The molecule has 0 bridgehead atoms. The maximum atomic E-state index is 4.15. The molecule has 0 fully saturated rings. The highest BCUT2D eigenvalue weighted by Crippen LogP contribution is 2.22. The third kappa shape index (κ3) is 3.23. The number of allylic oxidation sites excluding steroid dienone is 3. The Bertz CT molecular complexity index is 616. The number of hydrogen-bond donors (Lipinski definition) is 0. The van der Waals surface area contributed by atoms with Crippen molar-refractivity contribution in [2.24, 2.45) is 0 Å². The summed E-state index contributed by atoms with van der Waals surface area (Å²) in [6.45, 7) is 10.6. The van der Waals surface area contributed by atoms with Gasteiger partial charge in [-0.25, -0.2) is 0 Å². The predicted octanol–water partition coefficient (Wildman–Crippen LogP) is 5.42. The second kappa shape index (κ2) is 5.71. The van der Waals surface area contributed by atoms with E-state index in [4.69, 9.17) is 0 Å². The zero-order valence-corrected chi connectivity index (χ0v) is 11.9. The van der Waals surface area contributed by atoms with Gasteiger partial charge in [0.25, 0.3) is 0 Å². The van der Waals surface area contributed by atoms with Crippen LogP contribution in [0, 0.1) is 13.8 Å². The van der Waals surface area contributed by atoms with Crippen molar-refractivity contribution in [1.82, 2.24) is 0 Å². The van der Waals surface area contributed by atoms with Crippen LogP contribution in [0.5, 0.6) is 0 Å². The summed E-state index contributed by atoms with van der Waals surface area (Å²) in [5.74, 6) is 0. The molecule has 0 aliphatic carbocycles. The van der Waals surface area contributed by atoms with Gasteiger partial charge in [-0.3, -0.25) is 0 Å². The molecule has 0 N–H and O–H groups in total. The molecule has 2 rings (SSSR count). The standard InChI is InChI=1S/C19H20/c1-14-10-11-19(13-15(14)2)17(4)12-16(3)18-8-6-5-7-9-18/h5-13H,3H2,1-2,4H3/b17-12+. The Morgan fingerprint density at radius 3 is 2.21 bits per heavy atom. The molecule has 0 aliphatic heterocycles. The molecular formula is C19H20. The lowest BCUT2D eigenvalue weighted by atomic mass is 9.98. The van der Waals surface area contributed by atoms with Crippen LogP contribution in [-0.4, -0.2) is 0 Å². The van der Waals surface area contributed by atoms with Gasteiger partial charge in [0.2, 0.25) is 0 Å². The molecule has 0 heterocycles. The first-order valence-corrected chi connectivity index (χ1v) is 6.58. The van der Waals surface area contributed by atoms with Crippen LogP contribution in [0.2, 0.25) is 0 Å². The number of aryl methyl sites for hydroxylation is 2. The van der Waals surface area contributed by atoms with E-state index in [9.17, 15) is 0 Å². The predicted molar refractivity (Wildman–Crippen MR) is 85.0 cm³/mol. The molecule has 0 aliphatic rings. The topological polar surface area (TPSA) is 0 Å². The monoisotopic (exact) mass is 248 g/mol. The number of hydrogen-bond acceptors (Lipinski definition) is 0. The molecular weight excluding hydrogens is 228 g/mol. The van der Waals surface area contributed by atoms with Gasteiger partial charge in [0, 0.05) is 0 Å². The fourth-order valence-electron chi connectivity index (χ4n) is 2.07. The van der Waals surface area contributed by atoms with Crippen molar-refractivity contribution in [3.05, 3.63) is 83.4 Å². The van der Waals surface area contributed by atoms with Gasteiger partial charge in [-0.2, -0.15) is 0 Å². The molecule has 0 aromatic heterocycles. The van der Waals surface area contributed by atoms with Crippen LogP contribution in [0.25, 0.3) is 11.1 Å². The molecule has 0 amide bonds. The Morgan fingerprint density at radius 1 is 0.895 bits per heavy atom. The summed E-state index contributed by atoms with van der Waals surface area (Å²) in [5.41, 5.74) is 7.40. The second-order valence-corrected chi connectivity index (χ2v) is 5.02. The van der Waals surface area contributed by atoms with Gasteiger partial charge in [-0.1, -0.05) is 61.2 Å². The fraction of sp³-hybridized carbons (Fsp3) is 0.158. The summed E-state index contributed by atoms with van der Waals surface area (Å²) in [4.78, 5) is 0. The van der Waals surface area contributed by atoms with Crippen molar-refractivity contribution in [1.29, 1.82) is 0 Å². The van der Waals surface area contributed by atoms with Crippen molar-refractivity contribution < 1.29 is 0 Å². The van der Waals surface area contributed by atoms with E-state index in [1.54, 1.807) is 0 Å². The molecule has 2 aromatic carbocycles. The van der Waals surface area contributed by atoms with Crippen LogP contribution in [0.4, 0.5) is 0 Å². The summed E-state index contributed by atoms with van der Waals surface area (Å²) in [6, 6.07) is 16.9. The average Bonchev–Trinajstić information content (AvgIpc) is 2.42. The molecule has 0 saturated heterocycles. The van der Waals surface area contributed by atoms with Crippen LogP contribution >= 0.6 is 0 Å². The van der Waals surface area contributed by atoms with E-state index < -0.39 is 0 Å². The molecule has 0 atom stereocenters. The highest BCUT2D eigenvalue weighted by Gasteiger charge is 2.00. The Labute approximate surface area is 116 Å². The van der Waals surface area contributed by atoms with Crippen molar-refractivity contribution >= 4 is 11.1 Å². The zero-order valence-electron chi connectivity index (χ0n) is 11.9. The van der Waals surface area contributed by atoms with Crippen LogP contribution in [0.15, 0.2) is 61.2 Å². The average molecular weight is 248 g/mol. The van der Waals surface area contributed by atoms with Gasteiger partial charge in [-0.05, 0) is 54.2 Å². The summed E-state index contributed by atoms with van der Waals surface area (Å²) in [5, 5.41) is 0. The Morgan fingerprint density at radius 2 is 1.58 bits per heavy atom. The van der Waals surface area contributed by atoms with E-state index in [0.717, 1.165) is 5.57 Å². The smallest absolute Gasteiger partial charge is 0.0190 e. The molecule has 2 aromatic rings. The minimum Gasteiger partial charge on any atom is -0.0911 e. The molecule has 0 heteroatoms. The molecule has 0 spiro atoms. The highest BCUT2D eigenvalue weighted by molar-refractivity contribution is 5.82. The number of rotatable bonds is 3. The lowest BCUT2D eigenvalue weighted by molar-refractivity contribution is 1.33. The van der Waals surface area contributed by atoms with Crippen LogP contribution in [0.1, 0.15) is 29.2 Å². The largest absolute Gasteiger partial charge is 0.0911 e. The normalized spacial score (nSPS) is 11.4. The Kier molecular flexibility index (Phi) is 4.01. The lowest BCUT2D eigenvalue weighted by Crippen LogP contribution is -1.86. The van der Waals surface area contributed by atoms with E-state index in [1.165, 1.54) is 27.8 Å². The lowest BCUT2D eigenvalue weighted by Gasteiger charge is -2.07. The van der Waals surface area contributed by atoms with Gasteiger partial charge < -0.3 is 0 Å². The quantitative estimate of drug-likeness (QED) is 0.636. The highest BCUT2D eigenvalue weighted by atomic mass is 14.1. The maximum Gasteiger partial charge on any atom is -0.0190 e. The SMILES string of the molecule is C=C(/C=C(\C)c1ccc(C)c(C)c1)c1ccccc1. The first-order chi connectivity index (χ1) is 9.08. The van der Waals surface area contributed by atoms with Gasteiger partial charge >= 0.3 is 0 Å². The fourth-order valence-corrected chi connectivity index (χ4v) is 2.07. The van der Waals surface area contributed by atoms with E-state index in [2.05, 4.69) is 63.8 Å². The second-order valence-electron chi connectivity index (χ2n) is 5.02. The maximum absolute atomic E-state index is 4.15. The third-order valence-electron chi connectivity index (χ3n) is 3.50. The van der Waals surface area contributed by atoms with Crippen molar-refractivity contribution in [2.45, 2.75) is 20.8 Å².